The first kappa shape index (κ1) is 13.6. The molecule has 1 aliphatic rings. The van der Waals surface area contributed by atoms with Crippen LogP contribution in [0.5, 0.6) is 0 Å². The highest BCUT2D eigenvalue weighted by atomic mass is 16.4. The first-order chi connectivity index (χ1) is 7.99. The third-order valence-electron chi connectivity index (χ3n) is 3.38. The number of carboxylic acid groups (broad SMARTS) is 1. The van der Waals surface area contributed by atoms with E-state index in [0.717, 1.165) is 0 Å². The van der Waals surface area contributed by atoms with Gasteiger partial charge in [0.25, 0.3) is 0 Å². The summed E-state index contributed by atoms with van der Waals surface area (Å²) in [4.78, 5) is 23.0. The van der Waals surface area contributed by atoms with Gasteiger partial charge in [0.1, 0.15) is 0 Å². The zero-order valence-electron chi connectivity index (χ0n) is 10.3. The number of amides is 1. The number of hydrogen-bond acceptors (Lipinski definition) is 2. The Kier molecular flexibility index (Phi) is 4.56. The van der Waals surface area contributed by atoms with E-state index in [1.807, 2.05) is 13.8 Å². The molecule has 0 heterocycles. The summed E-state index contributed by atoms with van der Waals surface area (Å²) >= 11 is 0. The average molecular weight is 237 g/mol. The van der Waals surface area contributed by atoms with Crippen molar-refractivity contribution in [1.82, 2.24) is 5.32 Å². The second kappa shape index (κ2) is 5.72. The second-order valence-corrected chi connectivity index (χ2v) is 4.76. The molecular weight excluding hydrogens is 218 g/mol. The molecule has 4 atom stereocenters. The van der Waals surface area contributed by atoms with Gasteiger partial charge < -0.3 is 10.4 Å². The lowest BCUT2D eigenvalue weighted by Crippen LogP contribution is -2.40. The summed E-state index contributed by atoms with van der Waals surface area (Å²) in [7, 11) is 0. The van der Waals surface area contributed by atoms with E-state index in [1.54, 1.807) is 0 Å². The fourth-order valence-electron chi connectivity index (χ4n) is 2.39. The average Bonchev–Trinajstić information content (AvgIpc) is 2.68. The van der Waals surface area contributed by atoms with Crippen LogP contribution in [0.2, 0.25) is 0 Å². The third-order valence-corrected chi connectivity index (χ3v) is 3.38. The smallest absolute Gasteiger partial charge is 0.307 e. The minimum absolute atomic E-state index is 0.216. The highest BCUT2D eigenvalue weighted by molar-refractivity contribution is 5.85. The third kappa shape index (κ3) is 3.23. The van der Waals surface area contributed by atoms with Gasteiger partial charge in [-0.1, -0.05) is 19.8 Å². The molecule has 2 N–H and O–H groups in total. The highest BCUT2D eigenvalue weighted by Crippen LogP contribution is 2.36. The molecular formula is C13H19NO3. The van der Waals surface area contributed by atoms with Crippen LogP contribution in [0.25, 0.3) is 0 Å². The number of carbonyl (C=O) groups is 2. The molecule has 4 nitrogen and oxygen atoms in total. The van der Waals surface area contributed by atoms with Crippen molar-refractivity contribution in [2.45, 2.75) is 39.2 Å². The van der Waals surface area contributed by atoms with Gasteiger partial charge in [0.15, 0.2) is 0 Å². The van der Waals surface area contributed by atoms with E-state index in [0.29, 0.717) is 19.3 Å². The van der Waals surface area contributed by atoms with Gasteiger partial charge in [0, 0.05) is 0 Å². The van der Waals surface area contributed by atoms with Crippen LogP contribution in [0.1, 0.15) is 33.1 Å². The van der Waals surface area contributed by atoms with Crippen LogP contribution in [0, 0.1) is 30.1 Å². The maximum absolute atomic E-state index is 12.0. The summed E-state index contributed by atoms with van der Waals surface area (Å²) < 4.78 is 0. The van der Waals surface area contributed by atoms with Crippen molar-refractivity contribution in [3.63, 3.8) is 0 Å². The Balaban J connectivity index is 2.68. The number of nitrogens with one attached hydrogen (secondary N) is 1. The van der Waals surface area contributed by atoms with Gasteiger partial charge in [-0.2, -0.15) is 0 Å². The summed E-state index contributed by atoms with van der Waals surface area (Å²) in [6, 6.07) is -0.298. The van der Waals surface area contributed by atoms with Crippen LogP contribution in [0.3, 0.4) is 0 Å². The fourth-order valence-corrected chi connectivity index (χ4v) is 2.39. The first-order valence-corrected chi connectivity index (χ1v) is 5.98. The van der Waals surface area contributed by atoms with E-state index < -0.39 is 17.8 Å². The van der Waals surface area contributed by atoms with Crippen LogP contribution < -0.4 is 5.32 Å². The molecule has 17 heavy (non-hydrogen) atoms. The molecule has 94 valence electrons. The zero-order chi connectivity index (χ0) is 13.0. The van der Waals surface area contributed by atoms with Gasteiger partial charge in [-0.05, 0) is 25.2 Å². The summed E-state index contributed by atoms with van der Waals surface area (Å²) in [5.74, 6) is 0.647. The minimum atomic E-state index is -0.886. The Morgan fingerprint density at radius 1 is 1.47 bits per heavy atom. The van der Waals surface area contributed by atoms with Crippen LogP contribution in [0.4, 0.5) is 0 Å². The molecule has 1 rings (SSSR count). The molecule has 4 unspecified atom stereocenters. The Morgan fingerprint density at radius 3 is 2.53 bits per heavy atom. The molecule has 0 bridgehead atoms. The van der Waals surface area contributed by atoms with Crippen molar-refractivity contribution in [1.29, 1.82) is 0 Å². The number of carbonyl (C=O) groups excluding carboxylic acids is 1. The molecule has 1 aliphatic carbocycles. The lowest BCUT2D eigenvalue weighted by atomic mass is 9.95. The van der Waals surface area contributed by atoms with E-state index in [9.17, 15) is 9.59 Å². The van der Waals surface area contributed by atoms with Gasteiger partial charge in [-0.3, -0.25) is 9.59 Å². The van der Waals surface area contributed by atoms with Crippen molar-refractivity contribution in [3.8, 4) is 12.3 Å². The number of carboxylic acids is 1. The van der Waals surface area contributed by atoms with Crippen LogP contribution >= 0.6 is 0 Å². The van der Waals surface area contributed by atoms with Crippen molar-refractivity contribution >= 4 is 11.9 Å². The molecule has 0 saturated heterocycles. The standard InChI is InChI=1S/C13H19NO3/c1-4-9(5-2)14-12(15)10-6-8(3)7-11(10)13(16)17/h1,8-11H,5-7H2,2-3H3,(H,14,15)(H,16,17). The molecule has 0 spiro atoms. The maximum atomic E-state index is 12.0. The SMILES string of the molecule is C#CC(CC)NC(=O)C1CC(C)CC1C(=O)O. The van der Waals surface area contributed by atoms with E-state index in [4.69, 9.17) is 11.5 Å². The Morgan fingerprint density at radius 2 is 2.06 bits per heavy atom. The van der Waals surface area contributed by atoms with Gasteiger partial charge in [-0.25, -0.2) is 0 Å². The van der Waals surface area contributed by atoms with E-state index >= 15 is 0 Å². The fraction of sp³-hybridized carbons (Fsp3) is 0.692. The summed E-state index contributed by atoms with van der Waals surface area (Å²) in [5, 5.41) is 11.8. The van der Waals surface area contributed by atoms with Crippen molar-refractivity contribution in [2.75, 3.05) is 0 Å². The molecule has 0 aromatic carbocycles. The topological polar surface area (TPSA) is 66.4 Å². The minimum Gasteiger partial charge on any atom is -0.481 e. The second-order valence-electron chi connectivity index (χ2n) is 4.76. The lowest BCUT2D eigenvalue weighted by Gasteiger charge is -2.18. The number of rotatable bonds is 4. The number of terminal acetylenes is 1. The maximum Gasteiger partial charge on any atom is 0.307 e. The van der Waals surface area contributed by atoms with Crippen molar-refractivity contribution in [2.24, 2.45) is 17.8 Å². The van der Waals surface area contributed by atoms with E-state index in [2.05, 4.69) is 11.2 Å². The molecule has 0 aromatic heterocycles. The predicted molar refractivity (Wildman–Crippen MR) is 64.1 cm³/mol. The quantitative estimate of drug-likeness (QED) is 0.723. The Hall–Kier alpha value is -1.50. The van der Waals surface area contributed by atoms with Gasteiger partial charge >= 0.3 is 5.97 Å². The molecule has 1 saturated carbocycles. The van der Waals surface area contributed by atoms with Gasteiger partial charge in [0.05, 0.1) is 17.9 Å². The number of aliphatic carboxylic acids is 1. The van der Waals surface area contributed by atoms with Crippen LogP contribution in [-0.4, -0.2) is 23.0 Å². The highest BCUT2D eigenvalue weighted by Gasteiger charge is 2.41. The summed E-state index contributed by atoms with van der Waals surface area (Å²) in [6.07, 6.45) is 7.12. The molecule has 0 aliphatic heterocycles. The first-order valence-electron chi connectivity index (χ1n) is 5.98. The molecule has 0 aromatic rings. The zero-order valence-corrected chi connectivity index (χ0v) is 10.3. The van der Waals surface area contributed by atoms with E-state index in [1.165, 1.54) is 0 Å². The van der Waals surface area contributed by atoms with Crippen LogP contribution in [-0.2, 0) is 9.59 Å². The largest absolute Gasteiger partial charge is 0.481 e. The monoisotopic (exact) mass is 237 g/mol. The van der Waals surface area contributed by atoms with Gasteiger partial charge in [0.2, 0.25) is 5.91 Å². The van der Waals surface area contributed by atoms with Gasteiger partial charge in [-0.15, -0.1) is 6.42 Å². The predicted octanol–water partition coefficient (Wildman–Crippen LogP) is 1.26. The molecule has 1 fully saturated rings. The Labute approximate surface area is 102 Å². The lowest BCUT2D eigenvalue weighted by molar-refractivity contribution is -0.146. The van der Waals surface area contributed by atoms with Crippen LogP contribution in [0.15, 0.2) is 0 Å². The summed E-state index contributed by atoms with van der Waals surface area (Å²) in [6.45, 7) is 3.86. The molecule has 1 amide bonds. The normalized spacial score (nSPS) is 29.4. The van der Waals surface area contributed by atoms with Crippen molar-refractivity contribution < 1.29 is 14.7 Å². The molecule has 0 radical (unpaired) electrons. The molecule has 4 heteroatoms. The number of hydrogen-bond donors (Lipinski definition) is 2. The van der Waals surface area contributed by atoms with E-state index in [-0.39, 0.29) is 17.9 Å². The summed E-state index contributed by atoms with van der Waals surface area (Å²) in [5.41, 5.74) is 0. The van der Waals surface area contributed by atoms with Crippen molar-refractivity contribution in [3.05, 3.63) is 0 Å². The Bertz CT molecular complexity index is 345.